The van der Waals surface area contributed by atoms with Gasteiger partial charge in [0.2, 0.25) is 0 Å². The number of ether oxygens (including phenoxy) is 1. The largest absolute Gasteiger partial charge is 0.491 e. The zero-order chi connectivity index (χ0) is 22.7. The van der Waals surface area contributed by atoms with Crippen LogP contribution in [0.5, 0.6) is 5.75 Å². The molecule has 0 spiro atoms. The van der Waals surface area contributed by atoms with Crippen molar-refractivity contribution in [3.63, 3.8) is 0 Å². The van der Waals surface area contributed by atoms with Crippen molar-refractivity contribution in [3.8, 4) is 17.1 Å². The smallest absolute Gasteiger partial charge is 0.257 e. The van der Waals surface area contributed by atoms with Crippen molar-refractivity contribution in [2.24, 2.45) is 0 Å². The van der Waals surface area contributed by atoms with E-state index in [9.17, 15) is 4.79 Å². The Hall–Kier alpha value is -3.42. The lowest BCUT2D eigenvalue weighted by Gasteiger charge is -2.13. The number of rotatable bonds is 5. The molecule has 162 valence electrons. The topological polar surface area (TPSA) is 79.0 Å². The Morgan fingerprint density at radius 1 is 1.09 bits per heavy atom. The van der Waals surface area contributed by atoms with Crippen LogP contribution < -0.4 is 15.4 Å². The van der Waals surface area contributed by atoms with E-state index in [0.29, 0.717) is 27.8 Å². The second-order valence-corrected chi connectivity index (χ2v) is 8.22. The van der Waals surface area contributed by atoms with Gasteiger partial charge in [-0.05, 0) is 74.6 Å². The third-order valence-corrected chi connectivity index (χ3v) is 5.11. The van der Waals surface area contributed by atoms with E-state index >= 15 is 0 Å². The Morgan fingerprint density at radius 3 is 2.69 bits per heavy atom. The number of hydrogen-bond donors (Lipinski definition) is 3. The van der Waals surface area contributed by atoms with E-state index in [-0.39, 0.29) is 17.1 Å². The Morgan fingerprint density at radius 2 is 1.91 bits per heavy atom. The number of aromatic amines is 1. The lowest BCUT2D eigenvalue weighted by Crippen LogP contribution is -2.34. The number of hydrogen-bond acceptors (Lipinski definition) is 4. The predicted octanol–water partition coefficient (Wildman–Crippen LogP) is 5.80. The minimum absolute atomic E-state index is 0.0113. The van der Waals surface area contributed by atoms with Crippen molar-refractivity contribution in [2.45, 2.75) is 20.0 Å². The van der Waals surface area contributed by atoms with E-state index in [1.165, 1.54) is 0 Å². The summed E-state index contributed by atoms with van der Waals surface area (Å²) in [6, 6.07) is 20.2. The number of halogens is 1. The first-order valence-corrected chi connectivity index (χ1v) is 10.8. The molecule has 32 heavy (non-hydrogen) atoms. The molecule has 4 rings (SSSR count). The van der Waals surface area contributed by atoms with Crippen molar-refractivity contribution in [1.82, 2.24) is 15.3 Å². The van der Waals surface area contributed by atoms with Crippen molar-refractivity contribution >= 4 is 51.6 Å². The zero-order valence-corrected chi connectivity index (χ0v) is 19.1. The average molecular weight is 465 g/mol. The molecule has 4 aromatic rings. The summed E-state index contributed by atoms with van der Waals surface area (Å²) in [5.74, 6) is 0.984. The summed E-state index contributed by atoms with van der Waals surface area (Å²) in [4.78, 5) is 20.5. The summed E-state index contributed by atoms with van der Waals surface area (Å²) in [5.41, 5.74) is 3.65. The Labute approximate surface area is 196 Å². The van der Waals surface area contributed by atoms with Gasteiger partial charge in [0.15, 0.2) is 5.11 Å². The number of aromatic nitrogens is 2. The Balaban J connectivity index is 1.48. The number of fused-ring (bicyclic) bond motifs is 1. The van der Waals surface area contributed by atoms with Crippen LogP contribution in [0.25, 0.3) is 22.4 Å². The summed E-state index contributed by atoms with van der Waals surface area (Å²) >= 11 is 11.7. The van der Waals surface area contributed by atoms with Gasteiger partial charge in [-0.1, -0.05) is 29.8 Å². The summed E-state index contributed by atoms with van der Waals surface area (Å²) in [7, 11) is 0. The lowest BCUT2D eigenvalue weighted by atomic mass is 10.2. The van der Waals surface area contributed by atoms with Gasteiger partial charge in [0, 0.05) is 11.1 Å². The number of anilines is 1. The molecule has 6 nitrogen and oxygen atoms in total. The normalized spacial score (nSPS) is 10.9. The number of benzene rings is 3. The van der Waals surface area contributed by atoms with Crippen LogP contribution in [0.2, 0.25) is 5.02 Å². The summed E-state index contributed by atoms with van der Waals surface area (Å²) < 4.78 is 5.64. The molecule has 1 amide bonds. The van der Waals surface area contributed by atoms with E-state index in [2.05, 4.69) is 20.6 Å². The van der Waals surface area contributed by atoms with Gasteiger partial charge in [0.25, 0.3) is 5.91 Å². The van der Waals surface area contributed by atoms with E-state index in [4.69, 9.17) is 28.6 Å². The van der Waals surface area contributed by atoms with Crippen LogP contribution in [-0.4, -0.2) is 27.1 Å². The van der Waals surface area contributed by atoms with E-state index < -0.39 is 0 Å². The molecule has 0 aliphatic carbocycles. The van der Waals surface area contributed by atoms with Gasteiger partial charge in [0.1, 0.15) is 11.6 Å². The Bertz CT molecular complexity index is 1270. The quantitative estimate of drug-likeness (QED) is 0.325. The highest BCUT2D eigenvalue weighted by molar-refractivity contribution is 7.80. The van der Waals surface area contributed by atoms with Gasteiger partial charge in [-0.3, -0.25) is 10.1 Å². The van der Waals surface area contributed by atoms with Crippen LogP contribution in [0.15, 0.2) is 66.7 Å². The zero-order valence-electron chi connectivity index (χ0n) is 17.5. The molecule has 0 fully saturated rings. The first-order chi connectivity index (χ1) is 15.4. The number of amides is 1. The minimum atomic E-state index is -0.346. The number of H-pyrrole nitrogens is 1. The predicted molar refractivity (Wildman–Crippen MR) is 132 cm³/mol. The van der Waals surface area contributed by atoms with E-state index in [1.807, 2.05) is 50.2 Å². The van der Waals surface area contributed by atoms with Crippen molar-refractivity contribution < 1.29 is 9.53 Å². The fourth-order valence-corrected chi connectivity index (χ4v) is 3.54. The number of nitrogens with zero attached hydrogens (tertiary/aromatic N) is 1. The maximum Gasteiger partial charge on any atom is 0.257 e. The van der Waals surface area contributed by atoms with Crippen LogP contribution in [0, 0.1) is 0 Å². The van der Waals surface area contributed by atoms with Crippen LogP contribution in [0.3, 0.4) is 0 Å². The molecule has 0 aliphatic heterocycles. The first-order valence-electron chi connectivity index (χ1n) is 10.0. The van der Waals surface area contributed by atoms with Gasteiger partial charge < -0.3 is 15.0 Å². The summed E-state index contributed by atoms with van der Waals surface area (Å²) in [5, 5.41) is 6.27. The molecule has 1 aromatic heterocycles. The lowest BCUT2D eigenvalue weighted by molar-refractivity contribution is 0.0977. The minimum Gasteiger partial charge on any atom is -0.491 e. The Kier molecular flexibility index (Phi) is 6.39. The van der Waals surface area contributed by atoms with Crippen molar-refractivity contribution in [3.05, 3.63) is 77.3 Å². The molecule has 0 bridgehead atoms. The fourth-order valence-electron chi connectivity index (χ4n) is 3.17. The summed E-state index contributed by atoms with van der Waals surface area (Å²) in [6.07, 6.45) is 0.0113. The van der Waals surface area contributed by atoms with Crippen LogP contribution in [0.1, 0.15) is 24.2 Å². The third kappa shape index (κ3) is 5.07. The highest BCUT2D eigenvalue weighted by atomic mass is 35.5. The molecule has 0 atom stereocenters. The molecule has 8 heteroatoms. The number of thiocarbonyl (C=S) groups is 1. The number of carbonyl (C=O) groups excluding carboxylic acids is 1. The number of para-hydroxylation sites is 2. The van der Waals surface area contributed by atoms with Crippen molar-refractivity contribution in [1.29, 1.82) is 0 Å². The molecular formula is C24H21ClN4O2S. The van der Waals surface area contributed by atoms with Gasteiger partial charge >= 0.3 is 0 Å². The molecule has 0 radical (unpaired) electrons. The first kappa shape index (κ1) is 21.8. The maximum absolute atomic E-state index is 12.6. The van der Waals surface area contributed by atoms with Crippen molar-refractivity contribution in [2.75, 3.05) is 5.32 Å². The number of imidazole rings is 1. The second-order valence-electron chi connectivity index (χ2n) is 7.40. The van der Waals surface area contributed by atoms with Gasteiger partial charge in [-0.15, -0.1) is 0 Å². The summed E-state index contributed by atoms with van der Waals surface area (Å²) in [6.45, 7) is 3.85. The monoisotopic (exact) mass is 464 g/mol. The van der Waals surface area contributed by atoms with Gasteiger partial charge in [-0.25, -0.2) is 4.98 Å². The van der Waals surface area contributed by atoms with Gasteiger partial charge in [0.05, 0.1) is 27.8 Å². The maximum atomic E-state index is 12.6. The van der Waals surface area contributed by atoms with Crippen LogP contribution >= 0.6 is 23.8 Å². The third-order valence-electron chi connectivity index (χ3n) is 4.57. The molecule has 3 N–H and O–H groups in total. The average Bonchev–Trinajstić information content (AvgIpc) is 3.19. The van der Waals surface area contributed by atoms with E-state index in [1.54, 1.807) is 30.3 Å². The SMILES string of the molecule is CC(C)Oc1cccc(C(=O)NC(=S)Nc2cc(-c3nc4ccccc4[nH]3)ccc2Cl)c1. The molecule has 1 heterocycles. The molecular weight excluding hydrogens is 444 g/mol. The van der Waals surface area contributed by atoms with Crippen LogP contribution in [-0.2, 0) is 0 Å². The highest BCUT2D eigenvalue weighted by Gasteiger charge is 2.12. The van der Waals surface area contributed by atoms with E-state index in [0.717, 1.165) is 16.6 Å². The fraction of sp³-hybridized carbons (Fsp3) is 0.125. The molecule has 3 aromatic carbocycles. The molecule has 0 saturated carbocycles. The number of carbonyl (C=O) groups is 1. The van der Waals surface area contributed by atoms with Gasteiger partial charge in [-0.2, -0.15) is 0 Å². The second kappa shape index (κ2) is 9.38. The molecule has 0 unspecified atom stereocenters. The molecule has 0 saturated heterocycles. The van der Waals surface area contributed by atoms with Crippen LogP contribution in [0.4, 0.5) is 5.69 Å². The molecule has 0 aliphatic rings. The number of nitrogens with one attached hydrogen (secondary N) is 3. The standard InChI is InChI=1S/C24H21ClN4O2S/c1-14(2)31-17-7-5-6-16(12-17)23(30)29-24(32)28-21-13-15(10-11-18(21)25)22-26-19-8-3-4-9-20(19)27-22/h3-14H,1-2H3,(H,26,27)(H2,28,29,30,32). The highest BCUT2D eigenvalue weighted by Crippen LogP contribution is 2.28.